The summed E-state index contributed by atoms with van der Waals surface area (Å²) in [6.45, 7) is 4.48. The number of hydrogen-bond acceptors (Lipinski definition) is 4. The molecule has 0 aliphatic carbocycles. The lowest BCUT2D eigenvalue weighted by atomic mass is 9.97. The predicted octanol–water partition coefficient (Wildman–Crippen LogP) is 1.87. The molecule has 2 N–H and O–H groups in total. The number of benzene rings is 1. The van der Waals surface area contributed by atoms with Crippen molar-refractivity contribution in [2.75, 3.05) is 38.2 Å². The summed E-state index contributed by atoms with van der Waals surface area (Å²) in [5, 5.41) is 12.2. The van der Waals surface area contributed by atoms with Gasteiger partial charge in [0.25, 0.3) is 0 Å². The number of likely N-dealkylation sites (tertiary alicyclic amines) is 1. The molecule has 1 atom stereocenters. The van der Waals surface area contributed by atoms with Crippen molar-refractivity contribution < 1.29 is 14.6 Å². The summed E-state index contributed by atoms with van der Waals surface area (Å²) in [5.41, 5.74) is 2.08. The Balaban J connectivity index is 1.54. The molecule has 2 fully saturated rings. The zero-order valence-electron chi connectivity index (χ0n) is 13.5. The van der Waals surface area contributed by atoms with Gasteiger partial charge in [0.1, 0.15) is 0 Å². The molecule has 1 amide bonds. The zero-order valence-corrected chi connectivity index (χ0v) is 13.5. The molecule has 1 aromatic carbocycles. The van der Waals surface area contributed by atoms with Gasteiger partial charge in [0, 0.05) is 25.4 Å². The molecule has 1 unspecified atom stereocenters. The van der Waals surface area contributed by atoms with Gasteiger partial charge in [0.15, 0.2) is 0 Å². The molecule has 0 spiro atoms. The van der Waals surface area contributed by atoms with Crippen molar-refractivity contribution in [3.8, 4) is 0 Å². The molecule has 2 aliphatic heterocycles. The smallest absolute Gasteiger partial charge is 0.229 e. The summed E-state index contributed by atoms with van der Waals surface area (Å²) in [6.07, 6.45) is 2.94. The number of carbonyl (C=O) groups is 1. The Labute approximate surface area is 137 Å². The molecule has 23 heavy (non-hydrogen) atoms. The molecule has 0 radical (unpaired) electrons. The summed E-state index contributed by atoms with van der Waals surface area (Å²) in [4.78, 5) is 14.6. The van der Waals surface area contributed by atoms with Crippen molar-refractivity contribution in [1.29, 1.82) is 0 Å². The van der Waals surface area contributed by atoms with Crippen LogP contribution in [0.3, 0.4) is 0 Å². The van der Waals surface area contributed by atoms with Crippen LogP contribution < -0.4 is 5.32 Å². The first kappa shape index (κ1) is 16.4. The molecule has 0 bridgehead atoms. The Morgan fingerprint density at radius 2 is 2.13 bits per heavy atom. The zero-order chi connectivity index (χ0) is 16.1. The average molecular weight is 318 g/mol. The van der Waals surface area contributed by atoms with Crippen LogP contribution in [0.5, 0.6) is 0 Å². The highest BCUT2D eigenvalue weighted by Crippen LogP contribution is 2.20. The van der Waals surface area contributed by atoms with Crippen molar-refractivity contribution in [2.45, 2.75) is 25.8 Å². The van der Waals surface area contributed by atoms with Gasteiger partial charge in [-0.25, -0.2) is 0 Å². The minimum absolute atomic E-state index is 0.0174. The second-order valence-corrected chi connectivity index (χ2v) is 6.65. The van der Waals surface area contributed by atoms with Crippen molar-refractivity contribution in [3.63, 3.8) is 0 Å². The Morgan fingerprint density at radius 1 is 1.30 bits per heavy atom. The maximum Gasteiger partial charge on any atom is 0.229 e. The van der Waals surface area contributed by atoms with Crippen LogP contribution >= 0.6 is 0 Å². The standard InChI is InChI=1S/C18H26N2O3/c21-12-14-4-7-20(8-5-14)11-15-2-1-3-17(10-15)19-18(22)16-6-9-23-13-16/h1-3,10,14,16,21H,4-9,11-13H2,(H,19,22). The predicted molar refractivity (Wildman–Crippen MR) is 89.1 cm³/mol. The number of rotatable bonds is 5. The molecule has 0 aromatic heterocycles. The molecule has 2 aliphatic rings. The monoisotopic (exact) mass is 318 g/mol. The number of hydrogen-bond donors (Lipinski definition) is 2. The molecule has 2 heterocycles. The first-order chi connectivity index (χ1) is 11.2. The third-order valence-corrected chi connectivity index (χ3v) is 4.87. The Bertz CT molecular complexity index is 521. The minimum Gasteiger partial charge on any atom is -0.396 e. The van der Waals surface area contributed by atoms with Gasteiger partial charge in [0.05, 0.1) is 12.5 Å². The highest BCUT2D eigenvalue weighted by Gasteiger charge is 2.23. The molecule has 1 aromatic rings. The summed E-state index contributed by atoms with van der Waals surface area (Å²) < 4.78 is 5.27. The third kappa shape index (κ3) is 4.53. The van der Waals surface area contributed by atoms with Crippen molar-refractivity contribution in [3.05, 3.63) is 29.8 Å². The van der Waals surface area contributed by atoms with E-state index in [0.717, 1.165) is 44.6 Å². The molecular formula is C18H26N2O3. The maximum absolute atomic E-state index is 12.2. The van der Waals surface area contributed by atoms with Gasteiger partial charge in [0.2, 0.25) is 5.91 Å². The number of ether oxygens (including phenoxy) is 1. The molecule has 3 rings (SSSR count). The quantitative estimate of drug-likeness (QED) is 0.870. The topological polar surface area (TPSA) is 61.8 Å². The first-order valence-electron chi connectivity index (χ1n) is 8.55. The Morgan fingerprint density at radius 3 is 2.83 bits per heavy atom. The largest absolute Gasteiger partial charge is 0.396 e. The van der Waals surface area contributed by atoms with Gasteiger partial charge in [-0.05, 0) is 56.0 Å². The second-order valence-electron chi connectivity index (χ2n) is 6.65. The van der Waals surface area contributed by atoms with Crippen LogP contribution in [0.15, 0.2) is 24.3 Å². The number of aliphatic hydroxyl groups excluding tert-OH is 1. The number of nitrogens with zero attached hydrogens (tertiary/aromatic N) is 1. The lowest BCUT2D eigenvalue weighted by molar-refractivity contribution is -0.119. The van der Waals surface area contributed by atoms with Gasteiger partial charge in [-0.1, -0.05) is 12.1 Å². The highest BCUT2D eigenvalue weighted by atomic mass is 16.5. The van der Waals surface area contributed by atoms with Gasteiger partial charge in [-0.15, -0.1) is 0 Å². The summed E-state index contributed by atoms with van der Waals surface area (Å²) in [6, 6.07) is 8.10. The number of carbonyl (C=O) groups excluding carboxylic acids is 1. The molecule has 0 saturated carbocycles. The van der Waals surface area contributed by atoms with Crippen LogP contribution in [0.25, 0.3) is 0 Å². The van der Waals surface area contributed by atoms with E-state index >= 15 is 0 Å². The number of anilines is 1. The van der Waals surface area contributed by atoms with Crippen LogP contribution in [0, 0.1) is 11.8 Å². The normalized spacial score (nSPS) is 23.1. The maximum atomic E-state index is 12.2. The van der Waals surface area contributed by atoms with E-state index in [1.807, 2.05) is 12.1 Å². The molecule has 2 saturated heterocycles. The van der Waals surface area contributed by atoms with E-state index in [-0.39, 0.29) is 11.8 Å². The SMILES string of the molecule is O=C(Nc1cccc(CN2CCC(CO)CC2)c1)C1CCOC1. The van der Waals surface area contributed by atoms with E-state index in [0.29, 0.717) is 25.7 Å². The Kier molecular flexibility index (Phi) is 5.65. The van der Waals surface area contributed by atoms with Gasteiger partial charge < -0.3 is 15.2 Å². The molecular weight excluding hydrogens is 292 g/mol. The lowest BCUT2D eigenvalue weighted by Gasteiger charge is -2.31. The Hall–Kier alpha value is -1.43. The fraction of sp³-hybridized carbons (Fsp3) is 0.611. The molecule has 126 valence electrons. The second kappa shape index (κ2) is 7.90. The van der Waals surface area contributed by atoms with Crippen LogP contribution in [-0.2, 0) is 16.1 Å². The molecule has 5 heteroatoms. The number of aliphatic hydroxyl groups is 1. The number of nitrogens with one attached hydrogen (secondary N) is 1. The van der Waals surface area contributed by atoms with Crippen molar-refractivity contribution in [2.24, 2.45) is 11.8 Å². The summed E-state index contributed by atoms with van der Waals surface area (Å²) in [5.74, 6) is 0.505. The number of amides is 1. The summed E-state index contributed by atoms with van der Waals surface area (Å²) >= 11 is 0. The van der Waals surface area contributed by atoms with Crippen LogP contribution in [0.4, 0.5) is 5.69 Å². The fourth-order valence-electron chi connectivity index (χ4n) is 3.32. The van der Waals surface area contributed by atoms with Crippen molar-refractivity contribution >= 4 is 11.6 Å². The van der Waals surface area contributed by atoms with Crippen LogP contribution in [-0.4, -0.2) is 48.8 Å². The van der Waals surface area contributed by atoms with Gasteiger partial charge in [-0.2, -0.15) is 0 Å². The van der Waals surface area contributed by atoms with E-state index in [4.69, 9.17) is 4.74 Å². The first-order valence-corrected chi connectivity index (χ1v) is 8.55. The average Bonchev–Trinajstić information content (AvgIpc) is 3.10. The van der Waals surface area contributed by atoms with Crippen molar-refractivity contribution in [1.82, 2.24) is 4.90 Å². The molecule has 5 nitrogen and oxygen atoms in total. The van der Waals surface area contributed by atoms with Gasteiger partial charge in [-0.3, -0.25) is 9.69 Å². The highest BCUT2D eigenvalue weighted by molar-refractivity contribution is 5.92. The fourth-order valence-corrected chi connectivity index (χ4v) is 3.32. The summed E-state index contributed by atoms with van der Waals surface area (Å²) in [7, 11) is 0. The van der Waals surface area contributed by atoms with E-state index in [1.54, 1.807) is 0 Å². The van der Waals surface area contributed by atoms with Gasteiger partial charge >= 0.3 is 0 Å². The van der Waals surface area contributed by atoms with E-state index in [2.05, 4.69) is 22.3 Å². The van der Waals surface area contributed by atoms with E-state index in [9.17, 15) is 9.90 Å². The number of piperidine rings is 1. The van der Waals surface area contributed by atoms with Crippen LogP contribution in [0.1, 0.15) is 24.8 Å². The third-order valence-electron chi connectivity index (χ3n) is 4.87. The minimum atomic E-state index is -0.0174. The lowest BCUT2D eigenvalue weighted by Crippen LogP contribution is -2.34. The van der Waals surface area contributed by atoms with E-state index < -0.39 is 0 Å². The van der Waals surface area contributed by atoms with Crippen LogP contribution in [0.2, 0.25) is 0 Å². The van der Waals surface area contributed by atoms with E-state index in [1.165, 1.54) is 5.56 Å².